The highest BCUT2D eigenvalue weighted by molar-refractivity contribution is 9.10. The summed E-state index contributed by atoms with van der Waals surface area (Å²) in [7, 11) is 0. The van der Waals surface area contributed by atoms with Gasteiger partial charge in [-0.3, -0.25) is 0 Å². The van der Waals surface area contributed by atoms with Gasteiger partial charge in [-0.25, -0.2) is 8.78 Å². The summed E-state index contributed by atoms with van der Waals surface area (Å²) in [6.45, 7) is 0. The van der Waals surface area contributed by atoms with E-state index in [1.807, 2.05) is 0 Å². The second kappa shape index (κ2) is 3.57. The van der Waals surface area contributed by atoms with E-state index in [9.17, 15) is 8.78 Å². The van der Waals surface area contributed by atoms with Crippen molar-refractivity contribution in [2.45, 2.75) is 24.7 Å². The van der Waals surface area contributed by atoms with Crippen LogP contribution < -0.4 is 0 Å². The standard InChI is InChI=1S/C11H8BrF2N/c12-8-5-10(14)9(13)4-7(8)11(6-15)2-1-3-11/h4-5H,1-3H2. The summed E-state index contributed by atoms with van der Waals surface area (Å²) in [6, 6.07) is 4.41. The predicted molar refractivity (Wildman–Crippen MR) is 55.2 cm³/mol. The van der Waals surface area contributed by atoms with Crippen molar-refractivity contribution in [1.82, 2.24) is 0 Å². The van der Waals surface area contributed by atoms with Crippen LogP contribution in [0.1, 0.15) is 24.8 Å². The van der Waals surface area contributed by atoms with Crippen LogP contribution in [-0.4, -0.2) is 0 Å². The van der Waals surface area contributed by atoms with Crippen molar-refractivity contribution in [3.05, 3.63) is 33.8 Å². The Bertz CT molecular complexity index is 447. The van der Waals surface area contributed by atoms with Crippen LogP contribution in [0.15, 0.2) is 16.6 Å². The van der Waals surface area contributed by atoms with Crippen LogP contribution in [0.25, 0.3) is 0 Å². The fraction of sp³-hybridized carbons (Fsp3) is 0.364. The number of halogens is 3. The van der Waals surface area contributed by atoms with Crippen molar-refractivity contribution >= 4 is 15.9 Å². The molecule has 1 aromatic rings. The van der Waals surface area contributed by atoms with Gasteiger partial charge in [-0.2, -0.15) is 5.26 Å². The number of benzene rings is 1. The maximum absolute atomic E-state index is 13.1. The highest BCUT2D eigenvalue weighted by Crippen LogP contribution is 2.46. The summed E-state index contributed by atoms with van der Waals surface area (Å²) in [6.07, 6.45) is 2.39. The SMILES string of the molecule is N#CC1(c2cc(F)c(F)cc2Br)CCC1. The smallest absolute Gasteiger partial charge is 0.159 e. The van der Waals surface area contributed by atoms with E-state index in [1.165, 1.54) is 0 Å². The van der Waals surface area contributed by atoms with E-state index >= 15 is 0 Å². The van der Waals surface area contributed by atoms with Crippen molar-refractivity contribution in [1.29, 1.82) is 5.26 Å². The van der Waals surface area contributed by atoms with Crippen LogP contribution in [0.3, 0.4) is 0 Å². The summed E-state index contributed by atoms with van der Waals surface area (Å²) in [5.41, 5.74) is -0.0527. The summed E-state index contributed by atoms with van der Waals surface area (Å²) >= 11 is 3.17. The Morgan fingerprint density at radius 3 is 2.33 bits per heavy atom. The van der Waals surface area contributed by atoms with Crippen LogP contribution in [-0.2, 0) is 5.41 Å². The van der Waals surface area contributed by atoms with E-state index in [-0.39, 0.29) is 0 Å². The summed E-state index contributed by atoms with van der Waals surface area (Å²) in [5.74, 6) is -1.78. The Balaban J connectivity index is 2.54. The molecule has 0 spiro atoms. The zero-order valence-corrected chi connectivity index (χ0v) is 9.44. The molecule has 0 aromatic heterocycles. The zero-order valence-electron chi connectivity index (χ0n) is 7.86. The lowest BCUT2D eigenvalue weighted by molar-refractivity contribution is 0.320. The van der Waals surface area contributed by atoms with E-state index in [0.717, 1.165) is 18.6 Å². The minimum atomic E-state index is -0.894. The van der Waals surface area contributed by atoms with Crippen molar-refractivity contribution in [3.8, 4) is 6.07 Å². The first kappa shape index (κ1) is 10.6. The maximum Gasteiger partial charge on any atom is 0.159 e. The average molecular weight is 272 g/mol. The highest BCUT2D eigenvalue weighted by Gasteiger charge is 2.40. The molecule has 0 amide bonds. The van der Waals surface area contributed by atoms with Crippen molar-refractivity contribution < 1.29 is 8.78 Å². The van der Waals surface area contributed by atoms with Crippen molar-refractivity contribution in [2.24, 2.45) is 0 Å². The van der Waals surface area contributed by atoms with Gasteiger partial charge in [0.1, 0.15) is 0 Å². The molecule has 1 aliphatic rings. The fourth-order valence-corrected chi connectivity index (χ4v) is 2.56. The monoisotopic (exact) mass is 271 g/mol. The second-order valence-corrected chi connectivity index (χ2v) is 4.65. The largest absolute Gasteiger partial charge is 0.204 e. The first-order valence-corrected chi connectivity index (χ1v) is 5.45. The predicted octanol–water partition coefficient (Wildman–Crippen LogP) is 3.67. The van der Waals surface area contributed by atoms with Gasteiger partial charge in [0.2, 0.25) is 0 Å². The van der Waals surface area contributed by atoms with Gasteiger partial charge in [-0.1, -0.05) is 15.9 Å². The van der Waals surface area contributed by atoms with E-state index in [1.54, 1.807) is 0 Å². The van der Waals surface area contributed by atoms with Gasteiger partial charge in [-0.05, 0) is 37.0 Å². The quantitative estimate of drug-likeness (QED) is 0.715. The number of hydrogen-bond acceptors (Lipinski definition) is 1. The topological polar surface area (TPSA) is 23.8 Å². The average Bonchev–Trinajstić information content (AvgIpc) is 2.12. The summed E-state index contributed by atoms with van der Waals surface area (Å²) < 4.78 is 26.4. The van der Waals surface area contributed by atoms with Crippen LogP contribution >= 0.6 is 15.9 Å². The molecule has 0 saturated heterocycles. The summed E-state index contributed by atoms with van der Waals surface area (Å²) in [4.78, 5) is 0. The van der Waals surface area contributed by atoms with Gasteiger partial charge in [0.05, 0.1) is 11.5 Å². The van der Waals surface area contributed by atoms with Crippen LogP contribution in [0, 0.1) is 23.0 Å². The molecular weight excluding hydrogens is 264 g/mol. The maximum atomic E-state index is 13.1. The van der Waals surface area contributed by atoms with Gasteiger partial charge in [-0.15, -0.1) is 0 Å². The molecule has 1 saturated carbocycles. The lowest BCUT2D eigenvalue weighted by Gasteiger charge is -2.36. The molecule has 0 radical (unpaired) electrons. The molecule has 0 atom stereocenters. The molecule has 4 heteroatoms. The second-order valence-electron chi connectivity index (χ2n) is 3.79. The third-order valence-electron chi connectivity index (χ3n) is 2.95. The molecule has 15 heavy (non-hydrogen) atoms. The fourth-order valence-electron chi connectivity index (χ4n) is 1.86. The number of hydrogen-bond donors (Lipinski definition) is 0. The zero-order chi connectivity index (χ0) is 11.1. The highest BCUT2D eigenvalue weighted by atomic mass is 79.9. The van der Waals surface area contributed by atoms with E-state index in [4.69, 9.17) is 5.26 Å². The molecule has 1 aliphatic carbocycles. The Labute approximate surface area is 94.8 Å². The van der Waals surface area contributed by atoms with Gasteiger partial charge >= 0.3 is 0 Å². The number of rotatable bonds is 1. The van der Waals surface area contributed by atoms with Crippen LogP contribution in [0.2, 0.25) is 0 Å². The molecule has 1 nitrogen and oxygen atoms in total. The molecule has 1 fully saturated rings. The molecule has 0 aliphatic heterocycles. The van der Waals surface area contributed by atoms with E-state index < -0.39 is 17.0 Å². The molecule has 0 heterocycles. The van der Waals surface area contributed by atoms with Crippen molar-refractivity contribution in [3.63, 3.8) is 0 Å². The Hall–Kier alpha value is -0.950. The molecule has 0 unspecified atom stereocenters. The lowest BCUT2D eigenvalue weighted by Crippen LogP contribution is -2.32. The lowest BCUT2D eigenvalue weighted by atomic mass is 9.65. The molecule has 0 N–H and O–H groups in total. The molecular formula is C11H8BrF2N. The van der Waals surface area contributed by atoms with Gasteiger partial charge < -0.3 is 0 Å². The Morgan fingerprint density at radius 2 is 1.87 bits per heavy atom. The van der Waals surface area contributed by atoms with Crippen LogP contribution in [0.4, 0.5) is 8.78 Å². The number of nitrogens with zero attached hydrogens (tertiary/aromatic N) is 1. The molecule has 2 rings (SSSR count). The Morgan fingerprint density at radius 1 is 1.27 bits per heavy atom. The molecule has 0 bridgehead atoms. The molecule has 1 aromatic carbocycles. The molecule has 78 valence electrons. The van der Waals surface area contributed by atoms with E-state index in [2.05, 4.69) is 22.0 Å². The first-order valence-electron chi connectivity index (χ1n) is 4.65. The minimum Gasteiger partial charge on any atom is -0.204 e. The Kier molecular flexibility index (Phi) is 2.51. The van der Waals surface area contributed by atoms with Gasteiger partial charge in [0.15, 0.2) is 11.6 Å². The summed E-state index contributed by atoms with van der Waals surface area (Å²) in [5, 5.41) is 9.09. The van der Waals surface area contributed by atoms with Crippen LogP contribution in [0.5, 0.6) is 0 Å². The minimum absolute atomic E-state index is 0.475. The third-order valence-corrected chi connectivity index (χ3v) is 3.60. The third kappa shape index (κ3) is 1.55. The van der Waals surface area contributed by atoms with E-state index in [0.29, 0.717) is 22.9 Å². The van der Waals surface area contributed by atoms with Gasteiger partial charge in [0, 0.05) is 4.47 Å². The first-order chi connectivity index (χ1) is 7.09. The van der Waals surface area contributed by atoms with Crippen molar-refractivity contribution in [2.75, 3.05) is 0 Å². The normalized spacial score (nSPS) is 18.0. The van der Waals surface area contributed by atoms with Gasteiger partial charge in [0.25, 0.3) is 0 Å². The number of nitriles is 1.